The van der Waals surface area contributed by atoms with E-state index in [0.717, 1.165) is 15.4 Å². The lowest BCUT2D eigenvalue weighted by molar-refractivity contribution is -0.131. The molecule has 42 heavy (non-hydrogen) atoms. The van der Waals surface area contributed by atoms with Gasteiger partial charge in [-0.25, -0.2) is 4.79 Å². The van der Waals surface area contributed by atoms with Gasteiger partial charge in [-0.1, -0.05) is 17.7 Å². The van der Waals surface area contributed by atoms with E-state index in [4.69, 9.17) is 25.8 Å². The van der Waals surface area contributed by atoms with E-state index in [1.165, 1.54) is 18.4 Å². The smallest absolute Gasteiger partial charge is 0.343 e. The van der Waals surface area contributed by atoms with Gasteiger partial charge in [0.15, 0.2) is 6.10 Å². The first-order valence-corrected chi connectivity index (χ1v) is 14.3. The molecule has 0 bridgehead atoms. The number of likely N-dealkylation sites (N-methyl/N-ethyl adjacent to an activating group) is 1. The predicted molar refractivity (Wildman–Crippen MR) is 164 cm³/mol. The van der Waals surface area contributed by atoms with Crippen LogP contribution in [0.4, 0.5) is 11.4 Å². The minimum Gasteiger partial charge on any atom is -0.496 e. The van der Waals surface area contributed by atoms with Crippen molar-refractivity contribution in [2.45, 2.75) is 32.4 Å². The highest BCUT2D eigenvalue weighted by atomic mass is 35.5. The molecule has 4 aromatic rings. The largest absolute Gasteiger partial charge is 0.496 e. The maximum Gasteiger partial charge on any atom is 0.343 e. The highest BCUT2D eigenvalue weighted by Crippen LogP contribution is 2.49. The second kappa shape index (κ2) is 11.5. The molecule has 0 fully saturated rings. The van der Waals surface area contributed by atoms with Crippen LogP contribution in [0.15, 0.2) is 66.7 Å². The van der Waals surface area contributed by atoms with Crippen molar-refractivity contribution in [3.05, 3.63) is 92.6 Å². The highest BCUT2D eigenvalue weighted by molar-refractivity contribution is 7.12. The van der Waals surface area contributed by atoms with Gasteiger partial charge in [0.2, 0.25) is 0 Å². The first-order valence-electron chi connectivity index (χ1n) is 13.1. The molecule has 0 aliphatic carbocycles. The highest BCUT2D eigenvalue weighted by Gasteiger charge is 2.40. The number of carbonyl (C=O) groups excluding carboxylic acids is 3. The first kappa shape index (κ1) is 29.2. The Bertz CT molecular complexity index is 1680. The average Bonchev–Trinajstić information content (AvgIpc) is 3.40. The summed E-state index contributed by atoms with van der Waals surface area (Å²) in [4.78, 5) is 41.4. The second-order valence-corrected chi connectivity index (χ2v) is 12.1. The van der Waals surface area contributed by atoms with E-state index in [1.54, 1.807) is 54.4 Å². The number of amides is 1. The molecule has 1 N–H and O–H groups in total. The zero-order valence-electron chi connectivity index (χ0n) is 23.7. The molecule has 1 aromatic heterocycles. The van der Waals surface area contributed by atoms with Crippen molar-refractivity contribution >= 4 is 52.7 Å². The van der Waals surface area contributed by atoms with Crippen LogP contribution in [-0.2, 0) is 14.3 Å². The molecule has 10 heteroatoms. The number of benzene rings is 3. The molecule has 0 saturated carbocycles. The Kier molecular flexibility index (Phi) is 7.99. The van der Waals surface area contributed by atoms with Crippen LogP contribution in [0.5, 0.6) is 11.5 Å². The average molecular weight is 605 g/mol. The summed E-state index contributed by atoms with van der Waals surface area (Å²) in [5, 5.41) is 3.85. The van der Waals surface area contributed by atoms with E-state index >= 15 is 0 Å². The van der Waals surface area contributed by atoms with E-state index in [0.29, 0.717) is 45.2 Å². The number of methoxy groups -OCH3 is 1. The molecule has 0 saturated heterocycles. The third kappa shape index (κ3) is 5.45. The lowest BCUT2D eigenvalue weighted by atomic mass is 9.88. The summed E-state index contributed by atoms with van der Waals surface area (Å²) >= 11 is 7.44. The van der Waals surface area contributed by atoms with Gasteiger partial charge in [-0.3, -0.25) is 9.59 Å². The van der Waals surface area contributed by atoms with Crippen molar-refractivity contribution in [1.29, 1.82) is 0 Å². The van der Waals surface area contributed by atoms with E-state index in [1.807, 2.05) is 45.0 Å². The number of esters is 1. The minimum absolute atomic E-state index is 0.142. The van der Waals surface area contributed by atoms with Crippen LogP contribution in [0.25, 0.3) is 11.1 Å². The monoisotopic (exact) mass is 604 g/mol. The summed E-state index contributed by atoms with van der Waals surface area (Å²) in [6, 6.07) is 19.1. The molecular weight excluding hydrogens is 576 g/mol. The van der Waals surface area contributed by atoms with Crippen molar-refractivity contribution in [3.8, 4) is 22.6 Å². The number of fused-ring (bicyclic) bond motifs is 1. The van der Waals surface area contributed by atoms with Gasteiger partial charge in [-0.15, -0.1) is 11.3 Å². The number of thiophene rings is 1. The van der Waals surface area contributed by atoms with E-state index in [9.17, 15) is 14.4 Å². The summed E-state index contributed by atoms with van der Waals surface area (Å²) in [5.74, 6) is 0.0116. The second-order valence-electron chi connectivity index (χ2n) is 10.4. The van der Waals surface area contributed by atoms with Crippen LogP contribution in [0.2, 0.25) is 5.02 Å². The van der Waals surface area contributed by atoms with Crippen LogP contribution < -0.4 is 19.7 Å². The van der Waals surface area contributed by atoms with E-state index < -0.39 is 17.6 Å². The Hall–Kier alpha value is -4.34. The number of nitrogens with zero attached hydrogens (tertiary/aromatic N) is 1. The minimum atomic E-state index is -0.839. The summed E-state index contributed by atoms with van der Waals surface area (Å²) < 4.78 is 17.1. The quantitative estimate of drug-likeness (QED) is 0.131. The molecular formula is C32H29ClN2O6S. The maximum absolute atomic E-state index is 13.4. The summed E-state index contributed by atoms with van der Waals surface area (Å²) in [7, 11) is 3.23. The summed E-state index contributed by atoms with van der Waals surface area (Å²) in [5.41, 5.74) is 2.78. The van der Waals surface area contributed by atoms with Gasteiger partial charge in [0.1, 0.15) is 17.0 Å². The molecule has 1 atom stereocenters. The fourth-order valence-corrected chi connectivity index (χ4v) is 6.17. The van der Waals surface area contributed by atoms with Crippen molar-refractivity contribution in [3.63, 3.8) is 0 Å². The van der Waals surface area contributed by atoms with Crippen molar-refractivity contribution in [1.82, 2.24) is 0 Å². The van der Waals surface area contributed by atoms with Crippen molar-refractivity contribution < 1.29 is 28.6 Å². The zero-order chi connectivity index (χ0) is 30.2. The fourth-order valence-electron chi connectivity index (χ4n) is 5.12. The van der Waals surface area contributed by atoms with Gasteiger partial charge in [-0.05, 0) is 80.9 Å². The van der Waals surface area contributed by atoms with Gasteiger partial charge >= 0.3 is 5.97 Å². The number of ether oxygens (including phenoxy) is 3. The molecule has 1 unspecified atom stereocenters. The van der Waals surface area contributed by atoms with E-state index in [-0.39, 0.29) is 11.7 Å². The number of hydrogen-bond acceptors (Lipinski definition) is 8. The van der Waals surface area contributed by atoms with Crippen molar-refractivity contribution in [2.75, 3.05) is 24.4 Å². The van der Waals surface area contributed by atoms with Gasteiger partial charge in [-0.2, -0.15) is 0 Å². The molecule has 2 heterocycles. The number of hydrogen-bond donors (Lipinski definition) is 1. The molecule has 0 radical (unpaired) electrons. The molecule has 1 aliphatic rings. The zero-order valence-corrected chi connectivity index (χ0v) is 25.3. The normalized spacial score (nSPS) is 14.4. The Morgan fingerprint density at radius 1 is 1.05 bits per heavy atom. The maximum atomic E-state index is 13.4. The van der Waals surface area contributed by atoms with Gasteiger partial charge in [0.25, 0.3) is 12.4 Å². The first-order chi connectivity index (χ1) is 20.0. The van der Waals surface area contributed by atoms with Crippen LogP contribution in [-0.4, -0.2) is 38.0 Å². The Labute approximate surface area is 252 Å². The standard InChI is InChI=1S/C32H29ClN2O6S/c1-18-6-15-26(42-18)29(40-17-36)27-23(13-14-24-28(27)35(4)31(38)32(2,3)34-24)22-12-11-21(16-25(22)39-5)41-30(37)19-7-9-20(33)10-8-19/h6-17,29,34H,1-5H3. The van der Waals surface area contributed by atoms with Crippen molar-refractivity contribution in [2.24, 2.45) is 0 Å². The van der Waals surface area contributed by atoms with Gasteiger partial charge < -0.3 is 24.4 Å². The number of aryl methyl sites for hydroxylation is 1. The number of carbonyl (C=O) groups is 3. The number of halogens is 1. The Morgan fingerprint density at radius 3 is 2.40 bits per heavy atom. The molecule has 5 rings (SSSR count). The number of rotatable bonds is 8. The molecule has 8 nitrogen and oxygen atoms in total. The molecule has 1 amide bonds. The molecule has 1 aliphatic heterocycles. The number of nitrogens with one attached hydrogen (secondary N) is 1. The Morgan fingerprint density at radius 2 is 1.76 bits per heavy atom. The SMILES string of the molecule is COc1cc(OC(=O)c2ccc(Cl)cc2)ccc1-c1ccc2c(c1C(OC=O)c1ccc(C)s1)N(C)C(=O)C(C)(C)N2. The third-order valence-electron chi connectivity index (χ3n) is 7.07. The summed E-state index contributed by atoms with van der Waals surface area (Å²) in [6.07, 6.45) is -0.809. The van der Waals surface area contributed by atoms with Crippen LogP contribution in [0, 0.1) is 6.92 Å². The predicted octanol–water partition coefficient (Wildman–Crippen LogP) is 7.03. The van der Waals surface area contributed by atoms with Crippen LogP contribution in [0.1, 0.15) is 45.6 Å². The van der Waals surface area contributed by atoms with Crippen LogP contribution >= 0.6 is 22.9 Å². The third-order valence-corrected chi connectivity index (χ3v) is 8.36. The summed E-state index contributed by atoms with van der Waals surface area (Å²) in [6.45, 7) is 6.02. The van der Waals surface area contributed by atoms with Crippen LogP contribution in [0.3, 0.4) is 0 Å². The van der Waals surface area contributed by atoms with E-state index in [2.05, 4.69) is 5.32 Å². The van der Waals surface area contributed by atoms with Gasteiger partial charge in [0.05, 0.1) is 28.9 Å². The number of anilines is 2. The molecule has 216 valence electrons. The molecule has 0 spiro atoms. The lowest BCUT2D eigenvalue weighted by Gasteiger charge is -2.40. The molecule has 3 aromatic carbocycles. The van der Waals surface area contributed by atoms with Gasteiger partial charge in [0, 0.05) is 34.1 Å². The topological polar surface area (TPSA) is 94.2 Å². The Balaban J connectivity index is 1.66. The lowest BCUT2D eigenvalue weighted by Crippen LogP contribution is -2.52. The fraction of sp³-hybridized carbons (Fsp3) is 0.219.